The highest BCUT2D eigenvalue weighted by atomic mass is 16.4. The molecule has 1 aromatic carbocycles. The maximum Gasteiger partial charge on any atom is 0.308 e. The molecule has 3 rings (SSSR count). The Morgan fingerprint density at radius 2 is 1.96 bits per heavy atom. The molecule has 1 saturated carbocycles. The number of aliphatic carboxylic acids is 1. The highest BCUT2D eigenvalue weighted by Crippen LogP contribution is 2.23. The second-order valence-electron chi connectivity index (χ2n) is 6.45. The Hall–Kier alpha value is -2.70. The van der Waals surface area contributed by atoms with Crippen LogP contribution in [0, 0.1) is 5.92 Å². The molecule has 7 nitrogen and oxygen atoms in total. The Kier molecular flexibility index (Phi) is 5.11. The molecule has 0 aliphatic heterocycles. The highest BCUT2D eigenvalue weighted by molar-refractivity contribution is 5.79. The number of hydrogen-bond acceptors (Lipinski definition) is 4. The average molecular weight is 343 g/mol. The number of carbonyl (C=O) groups is 2. The molecule has 25 heavy (non-hydrogen) atoms. The van der Waals surface area contributed by atoms with Crippen LogP contribution in [0.1, 0.15) is 32.1 Å². The van der Waals surface area contributed by atoms with E-state index in [2.05, 4.69) is 10.3 Å². The van der Waals surface area contributed by atoms with Gasteiger partial charge in [0, 0.05) is 6.04 Å². The van der Waals surface area contributed by atoms with Gasteiger partial charge in [0.1, 0.15) is 6.54 Å². The quantitative estimate of drug-likeness (QED) is 0.820. The van der Waals surface area contributed by atoms with Crippen molar-refractivity contribution >= 4 is 22.8 Å². The second kappa shape index (κ2) is 7.46. The van der Waals surface area contributed by atoms with Crippen LogP contribution in [0.15, 0.2) is 35.4 Å². The Morgan fingerprint density at radius 3 is 2.76 bits per heavy atom. The zero-order valence-electron chi connectivity index (χ0n) is 13.9. The van der Waals surface area contributed by atoms with Crippen molar-refractivity contribution in [1.29, 1.82) is 0 Å². The van der Waals surface area contributed by atoms with Gasteiger partial charge in [-0.05, 0) is 25.0 Å². The summed E-state index contributed by atoms with van der Waals surface area (Å²) in [6.45, 7) is -0.167. The lowest BCUT2D eigenvalue weighted by atomic mass is 9.95. The zero-order chi connectivity index (χ0) is 17.8. The monoisotopic (exact) mass is 343 g/mol. The molecule has 1 amide bonds. The number of nitrogens with zero attached hydrogens (tertiary/aromatic N) is 2. The van der Waals surface area contributed by atoms with Crippen molar-refractivity contribution in [3.05, 3.63) is 40.9 Å². The molecule has 1 fully saturated rings. The molecule has 0 spiro atoms. The summed E-state index contributed by atoms with van der Waals surface area (Å²) >= 11 is 0. The van der Waals surface area contributed by atoms with Crippen molar-refractivity contribution in [3.63, 3.8) is 0 Å². The number of benzene rings is 1. The van der Waals surface area contributed by atoms with Gasteiger partial charge in [-0.3, -0.25) is 19.0 Å². The number of carboxylic acid groups (broad SMARTS) is 1. The van der Waals surface area contributed by atoms with E-state index in [4.69, 9.17) is 0 Å². The number of carboxylic acids is 1. The fourth-order valence-corrected chi connectivity index (χ4v) is 3.40. The summed E-state index contributed by atoms with van der Waals surface area (Å²) in [5, 5.41) is 12.6. The predicted octanol–water partition coefficient (Wildman–Crippen LogP) is 1.55. The van der Waals surface area contributed by atoms with Gasteiger partial charge in [-0.1, -0.05) is 31.4 Å². The molecule has 0 bridgehead atoms. The summed E-state index contributed by atoms with van der Waals surface area (Å²) in [6, 6.07) is 6.56. The normalized spacial score (nSPS) is 20.8. The van der Waals surface area contributed by atoms with Crippen molar-refractivity contribution < 1.29 is 14.7 Å². The number of hydrogen-bond donors (Lipinski definition) is 2. The Bertz CT molecular complexity index is 846. The van der Waals surface area contributed by atoms with Crippen LogP contribution < -0.4 is 10.9 Å². The van der Waals surface area contributed by atoms with Gasteiger partial charge in [-0.15, -0.1) is 0 Å². The third-order valence-corrected chi connectivity index (χ3v) is 4.73. The van der Waals surface area contributed by atoms with Crippen LogP contribution in [-0.4, -0.2) is 32.6 Å². The molecule has 7 heteroatoms. The van der Waals surface area contributed by atoms with Gasteiger partial charge in [0.2, 0.25) is 5.91 Å². The van der Waals surface area contributed by atoms with Crippen molar-refractivity contribution in [2.24, 2.45) is 5.92 Å². The molecule has 1 heterocycles. The lowest BCUT2D eigenvalue weighted by Crippen LogP contribution is -2.44. The van der Waals surface area contributed by atoms with Crippen molar-refractivity contribution in [2.75, 3.05) is 0 Å². The van der Waals surface area contributed by atoms with Crippen LogP contribution in [0.5, 0.6) is 0 Å². The number of fused-ring (bicyclic) bond motifs is 1. The largest absolute Gasteiger partial charge is 0.481 e. The molecule has 132 valence electrons. The smallest absolute Gasteiger partial charge is 0.308 e. The van der Waals surface area contributed by atoms with Crippen LogP contribution in [0.2, 0.25) is 0 Å². The lowest BCUT2D eigenvalue weighted by molar-refractivity contribution is -0.143. The first kappa shape index (κ1) is 17.1. The van der Waals surface area contributed by atoms with Crippen LogP contribution >= 0.6 is 0 Å². The molecule has 2 N–H and O–H groups in total. The minimum Gasteiger partial charge on any atom is -0.481 e. The Balaban J connectivity index is 1.74. The second-order valence-corrected chi connectivity index (χ2v) is 6.45. The zero-order valence-corrected chi connectivity index (χ0v) is 13.9. The van der Waals surface area contributed by atoms with E-state index in [9.17, 15) is 19.5 Å². The third kappa shape index (κ3) is 3.87. The minimum atomic E-state index is -0.878. The first-order chi connectivity index (χ1) is 12.1. The van der Waals surface area contributed by atoms with E-state index in [1.165, 1.54) is 10.9 Å². The van der Waals surface area contributed by atoms with Gasteiger partial charge in [0.15, 0.2) is 0 Å². The van der Waals surface area contributed by atoms with Gasteiger partial charge < -0.3 is 10.4 Å². The molecule has 1 aliphatic rings. The number of aromatic nitrogens is 2. The van der Waals surface area contributed by atoms with E-state index in [1.54, 1.807) is 24.3 Å². The Morgan fingerprint density at radius 1 is 1.20 bits per heavy atom. The summed E-state index contributed by atoms with van der Waals surface area (Å²) in [6.07, 6.45) is 5.30. The molecular formula is C18H21N3O4. The van der Waals surface area contributed by atoms with Crippen molar-refractivity contribution in [1.82, 2.24) is 14.9 Å². The molecule has 0 saturated heterocycles. The summed E-state index contributed by atoms with van der Waals surface area (Å²) in [7, 11) is 0. The van der Waals surface area contributed by atoms with E-state index in [-0.39, 0.29) is 18.0 Å². The number of amides is 1. The first-order valence-corrected chi connectivity index (χ1v) is 8.52. The van der Waals surface area contributed by atoms with E-state index in [0.717, 1.165) is 19.3 Å². The van der Waals surface area contributed by atoms with E-state index in [1.807, 2.05) is 0 Å². The van der Waals surface area contributed by atoms with E-state index < -0.39 is 17.9 Å². The van der Waals surface area contributed by atoms with E-state index in [0.29, 0.717) is 23.7 Å². The first-order valence-electron chi connectivity index (χ1n) is 8.52. The molecule has 2 atom stereocenters. The minimum absolute atomic E-state index is 0.167. The van der Waals surface area contributed by atoms with Gasteiger partial charge in [0.05, 0.1) is 23.1 Å². The molecule has 0 unspecified atom stereocenters. The van der Waals surface area contributed by atoms with Crippen molar-refractivity contribution in [3.8, 4) is 0 Å². The topological polar surface area (TPSA) is 101 Å². The number of nitrogens with one attached hydrogen (secondary N) is 1. The predicted molar refractivity (Wildman–Crippen MR) is 92.1 cm³/mol. The number of carbonyl (C=O) groups excluding carboxylic acids is 1. The summed E-state index contributed by atoms with van der Waals surface area (Å²) in [5.41, 5.74) is 0.301. The lowest BCUT2D eigenvalue weighted by Gasteiger charge is -2.23. The molecule has 2 aromatic rings. The fourth-order valence-electron chi connectivity index (χ4n) is 3.40. The standard InChI is InChI=1S/C18H21N3O4/c22-16(20-15-9-3-1-2-7-13(15)18(24)25)10-21-11-19-14-8-5-4-6-12(14)17(21)23/h4-6,8,11,13,15H,1-3,7,9-10H2,(H,20,22)(H,24,25)/t13-,15+/m1/s1. The number of para-hydroxylation sites is 1. The van der Waals surface area contributed by atoms with Gasteiger partial charge in [-0.2, -0.15) is 0 Å². The van der Waals surface area contributed by atoms with Crippen LogP contribution in [0.3, 0.4) is 0 Å². The summed E-state index contributed by atoms with van der Waals surface area (Å²) in [5.74, 6) is -1.81. The van der Waals surface area contributed by atoms with Crippen LogP contribution in [0.4, 0.5) is 0 Å². The van der Waals surface area contributed by atoms with Gasteiger partial charge in [0.25, 0.3) is 5.56 Å². The fraction of sp³-hybridized carbons (Fsp3) is 0.444. The summed E-state index contributed by atoms with van der Waals surface area (Å²) in [4.78, 5) is 40.4. The molecular weight excluding hydrogens is 322 g/mol. The molecule has 1 aliphatic carbocycles. The highest BCUT2D eigenvalue weighted by Gasteiger charge is 2.30. The van der Waals surface area contributed by atoms with E-state index >= 15 is 0 Å². The number of rotatable bonds is 4. The Labute approximate surface area is 144 Å². The van der Waals surface area contributed by atoms with Crippen LogP contribution in [0.25, 0.3) is 10.9 Å². The average Bonchev–Trinajstić information content (AvgIpc) is 2.83. The third-order valence-electron chi connectivity index (χ3n) is 4.73. The maximum absolute atomic E-state index is 12.4. The maximum atomic E-state index is 12.4. The molecule has 0 radical (unpaired) electrons. The SMILES string of the molecule is O=C(Cn1cnc2ccccc2c1=O)N[C@H]1CCCCC[C@H]1C(=O)O. The van der Waals surface area contributed by atoms with Gasteiger partial charge in [-0.25, -0.2) is 4.98 Å². The molecule has 1 aromatic heterocycles. The van der Waals surface area contributed by atoms with Crippen molar-refractivity contribution in [2.45, 2.75) is 44.7 Å². The summed E-state index contributed by atoms with van der Waals surface area (Å²) < 4.78 is 1.25. The van der Waals surface area contributed by atoms with Gasteiger partial charge >= 0.3 is 5.97 Å². The van der Waals surface area contributed by atoms with Crippen LogP contribution in [-0.2, 0) is 16.1 Å².